The maximum absolute atomic E-state index is 4.33. The summed E-state index contributed by atoms with van der Waals surface area (Å²) in [4.78, 5) is 16.6. The van der Waals surface area contributed by atoms with Crippen LogP contribution in [0.5, 0.6) is 0 Å². The Balaban J connectivity index is 0.000000379. The molecule has 0 amide bonds. The van der Waals surface area contributed by atoms with Gasteiger partial charge in [-0.2, -0.15) is 13.8 Å². The van der Waals surface area contributed by atoms with Crippen LogP contribution in [-0.4, -0.2) is 54.3 Å². The largest absolute Gasteiger partial charge is 2.00 e. The third-order valence-electron chi connectivity index (χ3n) is 12.5. The van der Waals surface area contributed by atoms with Crippen molar-refractivity contribution in [2.45, 2.75) is 176 Å². The number of pyridine rings is 4. The van der Waals surface area contributed by atoms with Crippen molar-refractivity contribution in [1.82, 2.24) is 19.9 Å². The summed E-state index contributed by atoms with van der Waals surface area (Å²) in [6.07, 6.45) is 23.8. The number of benzene rings is 2. The van der Waals surface area contributed by atoms with Crippen molar-refractivity contribution in [3.05, 3.63) is 164 Å². The van der Waals surface area contributed by atoms with Crippen LogP contribution in [0.15, 0.2) is 119 Å². The van der Waals surface area contributed by atoms with Crippen LogP contribution in [0.3, 0.4) is 0 Å². The van der Waals surface area contributed by atoms with Gasteiger partial charge in [-0.15, -0.1) is 0 Å². The second-order valence-electron chi connectivity index (χ2n) is 19.2. The molecule has 0 unspecified atom stereocenters. The fraction of sp³-hybridized carbons (Fsp3) is 0.450. The standard InChI is InChI=1S/C33H49P.C12H12N2.2C6H6BrN.C3H7.ClH.Mg/c1-23(2)26-21-30(24(3)4)33(31(22-26)25(5)6)29-19-13-14-20-32(29)34(27-15-9-7-10-16-27)28-17-11-8-12-18-28;1-9-5-7-14-12(8-9)11-4-3-6-13-10(11)2;1-5-2-3-8-6(7)4-5;1-5-6(7)3-2-4-8-5;1-3-2;;/h13-14,19-25,27-28H,7-12,15-18H2,1-6H3;3-8H,1-2H3;2*2-4H,1H3;3H,1-2H3;1H;/q;;;;-1;;+2/p-1. The van der Waals surface area contributed by atoms with Crippen LogP contribution in [0.2, 0.25) is 0 Å². The Hall–Kier alpha value is -2.51. The minimum Gasteiger partial charge on any atom is -1.00 e. The number of nitrogens with zero attached hydrogens (tertiary/aromatic N) is 4. The Kier molecular flexibility index (Phi) is 30.2. The van der Waals surface area contributed by atoms with Crippen LogP contribution in [0.4, 0.5) is 0 Å². The van der Waals surface area contributed by atoms with Gasteiger partial charge in [-0.25, -0.2) is 4.98 Å². The third kappa shape index (κ3) is 20.1. The molecule has 0 saturated heterocycles. The summed E-state index contributed by atoms with van der Waals surface area (Å²) in [6, 6.07) is 30.7. The molecule has 0 aliphatic heterocycles. The molecule has 4 heterocycles. The zero-order chi connectivity index (χ0) is 48.9. The molecular weight excluding hydrogens is 1030 g/mol. The minimum absolute atomic E-state index is 0. The molecule has 2 saturated carbocycles. The fourth-order valence-corrected chi connectivity index (χ4v) is 13.7. The van der Waals surface area contributed by atoms with Gasteiger partial charge < -0.3 is 18.8 Å². The van der Waals surface area contributed by atoms with Gasteiger partial charge in [-0.3, -0.25) is 15.0 Å². The number of halogens is 3. The van der Waals surface area contributed by atoms with Crippen LogP contribution < -0.4 is 17.7 Å². The van der Waals surface area contributed by atoms with Gasteiger partial charge >= 0.3 is 23.1 Å². The molecule has 2 aliphatic carbocycles. The summed E-state index contributed by atoms with van der Waals surface area (Å²) in [5, 5.41) is 1.75. The minimum atomic E-state index is -0.120. The predicted molar refractivity (Wildman–Crippen MR) is 306 cm³/mol. The molecule has 2 fully saturated rings. The smallest absolute Gasteiger partial charge is 1.00 e. The van der Waals surface area contributed by atoms with Gasteiger partial charge in [-0.05, 0) is 207 Å². The van der Waals surface area contributed by atoms with Crippen molar-refractivity contribution in [1.29, 1.82) is 0 Å². The van der Waals surface area contributed by atoms with Crippen molar-refractivity contribution in [3.63, 3.8) is 0 Å². The van der Waals surface area contributed by atoms with Gasteiger partial charge in [0, 0.05) is 40.5 Å². The average molecular weight is 1110 g/mol. The Morgan fingerprint density at radius 1 is 0.536 bits per heavy atom. The molecule has 4 nitrogen and oxygen atoms in total. The van der Waals surface area contributed by atoms with E-state index in [1.807, 2.05) is 89.7 Å². The van der Waals surface area contributed by atoms with Gasteiger partial charge in [-0.1, -0.05) is 124 Å². The predicted octanol–water partition coefficient (Wildman–Crippen LogP) is 15.4. The van der Waals surface area contributed by atoms with Crippen LogP contribution >= 0.6 is 39.8 Å². The first-order chi connectivity index (χ1) is 32.2. The van der Waals surface area contributed by atoms with Crippen molar-refractivity contribution >= 4 is 68.1 Å². The van der Waals surface area contributed by atoms with Crippen molar-refractivity contribution < 1.29 is 12.4 Å². The topological polar surface area (TPSA) is 51.6 Å². The molecule has 69 heavy (non-hydrogen) atoms. The third-order valence-corrected chi connectivity index (χ3v) is 17.4. The maximum Gasteiger partial charge on any atom is 2.00 e. The van der Waals surface area contributed by atoms with E-state index in [2.05, 4.69) is 143 Å². The van der Waals surface area contributed by atoms with Gasteiger partial charge in [0.2, 0.25) is 0 Å². The first-order valence-corrected chi connectivity index (χ1v) is 28.0. The van der Waals surface area contributed by atoms with Crippen molar-refractivity contribution in [3.8, 4) is 22.4 Å². The van der Waals surface area contributed by atoms with Gasteiger partial charge in [0.05, 0.1) is 11.4 Å². The maximum atomic E-state index is 4.33. The van der Waals surface area contributed by atoms with Gasteiger partial charge in [0.1, 0.15) is 4.60 Å². The summed E-state index contributed by atoms with van der Waals surface area (Å²) in [5.74, 6) is 1.64. The summed E-state index contributed by atoms with van der Waals surface area (Å²) >= 11 is 6.58. The SMILES string of the molecule is CC(C)c1cc(C(C)C)c(-c2ccccc2P(C2CCCCC2)C2CCCCC2)c(C(C)C)c1.C[CH-]C.Cc1ccnc(-c2cccnc2C)c1.Cc1ccnc(Br)c1.Cc1ncccc1Br.[Cl-].[Mg+2]. The van der Waals surface area contributed by atoms with Crippen LogP contribution in [0, 0.1) is 34.1 Å². The summed E-state index contributed by atoms with van der Waals surface area (Å²) in [7, 11) is -0.120. The van der Waals surface area contributed by atoms with Crippen LogP contribution in [0.25, 0.3) is 22.4 Å². The Morgan fingerprint density at radius 2 is 1.01 bits per heavy atom. The fourth-order valence-electron chi connectivity index (χ4n) is 8.99. The van der Waals surface area contributed by atoms with Gasteiger partial charge in [0.25, 0.3) is 0 Å². The van der Waals surface area contributed by atoms with E-state index in [-0.39, 0.29) is 43.4 Å². The van der Waals surface area contributed by atoms with E-state index in [1.165, 1.54) is 80.9 Å². The molecule has 368 valence electrons. The van der Waals surface area contributed by atoms with E-state index in [0.717, 1.165) is 43.0 Å². The number of aromatic nitrogens is 4. The summed E-state index contributed by atoms with van der Waals surface area (Å²) in [6.45, 7) is 26.4. The Bertz CT molecular complexity index is 2290. The number of hydrogen-bond donors (Lipinski definition) is 0. The molecule has 2 aromatic carbocycles. The summed E-state index contributed by atoms with van der Waals surface area (Å²) in [5.41, 5.74) is 16.3. The molecule has 0 atom stereocenters. The molecule has 2 aliphatic rings. The second-order valence-corrected chi connectivity index (χ2v) is 23.6. The van der Waals surface area contributed by atoms with E-state index in [9.17, 15) is 0 Å². The monoisotopic (exact) mass is 1100 g/mol. The molecule has 6 aromatic rings. The normalized spacial score (nSPS) is 13.6. The zero-order valence-corrected chi connectivity index (χ0v) is 50.2. The molecule has 9 heteroatoms. The molecule has 4 aromatic heterocycles. The van der Waals surface area contributed by atoms with Gasteiger partial charge in [0.15, 0.2) is 0 Å². The first-order valence-electron chi connectivity index (χ1n) is 25.0. The first kappa shape index (κ1) is 62.6. The molecule has 8 rings (SSSR count). The van der Waals surface area contributed by atoms with Crippen molar-refractivity contribution in [2.24, 2.45) is 0 Å². The van der Waals surface area contributed by atoms with Crippen LogP contribution in [0.1, 0.15) is 177 Å². The number of hydrogen-bond acceptors (Lipinski definition) is 4. The van der Waals surface area contributed by atoms with Crippen molar-refractivity contribution in [2.75, 3.05) is 0 Å². The van der Waals surface area contributed by atoms with E-state index in [4.69, 9.17) is 0 Å². The number of aryl methyl sites for hydroxylation is 4. The molecule has 0 radical (unpaired) electrons. The number of rotatable bonds is 8. The Morgan fingerprint density at radius 3 is 1.43 bits per heavy atom. The quantitative estimate of drug-likeness (QED) is 0.0660. The van der Waals surface area contributed by atoms with E-state index >= 15 is 0 Å². The van der Waals surface area contributed by atoms with E-state index < -0.39 is 0 Å². The Labute approximate surface area is 459 Å². The molecular formula is C60H80Br2ClMgN4P. The van der Waals surface area contributed by atoms with Crippen LogP contribution in [-0.2, 0) is 0 Å². The average Bonchev–Trinajstić information content (AvgIpc) is 3.31. The van der Waals surface area contributed by atoms with E-state index in [1.54, 1.807) is 46.1 Å². The second kappa shape index (κ2) is 33.3. The molecule has 0 spiro atoms. The zero-order valence-electron chi connectivity index (χ0n) is 44.0. The molecule has 0 bridgehead atoms. The molecule has 0 N–H and O–H groups in total. The summed E-state index contributed by atoms with van der Waals surface area (Å²) < 4.78 is 1.97. The van der Waals surface area contributed by atoms with E-state index in [0.29, 0.717) is 17.8 Å².